The summed E-state index contributed by atoms with van der Waals surface area (Å²) in [6, 6.07) is 1.30. The summed E-state index contributed by atoms with van der Waals surface area (Å²) in [7, 11) is 1.30. The number of nitrogen functional groups attached to an aromatic ring is 1. The van der Waals surface area contributed by atoms with Crippen LogP contribution in [-0.4, -0.2) is 29.7 Å². The van der Waals surface area contributed by atoms with Crippen LogP contribution in [0, 0.1) is 6.92 Å². The van der Waals surface area contributed by atoms with Gasteiger partial charge in [0.1, 0.15) is 24.0 Å². The van der Waals surface area contributed by atoms with Crippen LogP contribution in [0.1, 0.15) is 5.82 Å². The molecule has 0 bridgehead atoms. The highest BCUT2D eigenvalue weighted by atomic mass is 19.4. The Bertz CT molecular complexity index is 330. The molecule has 2 N–H and O–H groups in total. The molecule has 0 aliphatic rings. The number of nitrogens with zero attached hydrogens (tertiary/aromatic N) is 3. The Morgan fingerprint density at radius 1 is 1.40 bits per heavy atom. The van der Waals surface area contributed by atoms with Crippen LogP contribution >= 0.6 is 0 Å². The summed E-state index contributed by atoms with van der Waals surface area (Å²) in [6.07, 6.45) is -4.26. The summed E-state index contributed by atoms with van der Waals surface area (Å²) in [4.78, 5) is 8.60. The lowest BCUT2D eigenvalue weighted by atomic mass is 10.4. The molecule has 0 unspecified atom stereocenters. The number of nitrogens with two attached hydrogens (primary N) is 1. The number of halogens is 3. The van der Waals surface area contributed by atoms with Crippen molar-refractivity contribution in [2.45, 2.75) is 13.1 Å². The molecule has 0 aliphatic carbocycles. The minimum atomic E-state index is -4.26. The third kappa shape index (κ3) is 3.61. The van der Waals surface area contributed by atoms with E-state index < -0.39 is 12.7 Å². The van der Waals surface area contributed by atoms with E-state index in [1.807, 2.05) is 0 Å². The first-order valence-corrected chi connectivity index (χ1v) is 4.17. The average Bonchev–Trinajstić information content (AvgIpc) is 1.98. The van der Waals surface area contributed by atoms with Crippen LogP contribution in [0.25, 0.3) is 0 Å². The molecule has 1 aromatic rings. The first kappa shape index (κ1) is 11.5. The minimum Gasteiger partial charge on any atom is -0.384 e. The van der Waals surface area contributed by atoms with E-state index in [-0.39, 0.29) is 11.6 Å². The monoisotopic (exact) mass is 220 g/mol. The van der Waals surface area contributed by atoms with E-state index in [4.69, 9.17) is 5.73 Å². The van der Waals surface area contributed by atoms with Gasteiger partial charge >= 0.3 is 6.18 Å². The van der Waals surface area contributed by atoms with Crippen LogP contribution in [-0.2, 0) is 0 Å². The van der Waals surface area contributed by atoms with E-state index in [2.05, 4.69) is 9.97 Å². The van der Waals surface area contributed by atoms with E-state index in [0.29, 0.717) is 5.82 Å². The van der Waals surface area contributed by atoms with Gasteiger partial charge in [0, 0.05) is 13.1 Å². The summed E-state index contributed by atoms with van der Waals surface area (Å²) in [5, 5.41) is 0. The van der Waals surface area contributed by atoms with Gasteiger partial charge in [0.25, 0.3) is 0 Å². The molecule has 0 fully saturated rings. The largest absolute Gasteiger partial charge is 0.405 e. The highest BCUT2D eigenvalue weighted by Gasteiger charge is 2.29. The molecule has 1 aromatic heterocycles. The lowest BCUT2D eigenvalue weighted by Crippen LogP contribution is -2.31. The zero-order valence-corrected chi connectivity index (χ0v) is 8.34. The maximum Gasteiger partial charge on any atom is 0.405 e. The van der Waals surface area contributed by atoms with Gasteiger partial charge in [-0.2, -0.15) is 13.2 Å². The number of aryl methyl sites for hydroxylation is 1. The number of anilines is 2. The summed E-state index contributed by atoms with van der Waals surface area (Å²) >= 11 is 0. The van der Waals surface area contributed by atoms with E-state index in [1.165, 1.54) is 13.1 Å². The van der Waals surface area contributed by atoms with Gasteiger partial charge in [-0.3, -0.25) is 0 Å². The topological polar surface area (TPSA) is 55.0 Å². The molecule has 1 rings (SSSR count). The van der Waals surface area contributed by atoms with Crippen molar-refractivity contribution in [2.75, 3.05) is 24.2 Å². The molecule has 4 nitrogen and oxygen atoms in total. The fourth-order valence-corrected chi connectivity index (χ4v) is 1.12. The average molecular weight is 220 g/mol. The van der Waals surface area contributed by atoms with Crippen molar-refractivity contribution < 1.29 is 13.2 Å². The summed E-state index contributed by atoms with van der Waals surface area (Å²) < 4.78 is 36.2. The second-order valence-electron chi connectivity index (χ2n) is 3.17. The molecule has 0 aromatic carbocycles. The first-order valence-electron chi connectivity index (χ1n) is 4.17. The normalized spacial score (nSPS) is 11.5. The second-order valence-corrected chi connectivity index (χ2v) is 3.17. The first-order chi connectivity index (χ1) is 6.78. The number of hydrogen-bond acceptors (Lipinski definition) is 4. The van der Waals surface area contributed by atoms with Gasteiger partial charge in [-0.05, 0) is 6.92 Å². The van der Waals surface area contributed by atoms with Crippen LogP contribution in [0.4, 0.5) is 24.8 Å². The molecule has 15 heavy (non-hydrogen) atoms. The summed E-state index contributed by atoms with van der Waals surface area (Å²) in [6.45, 7) is 0.504. The fourth-order valence-electron chi connectivity index (χ4n) is 1.12. The van der Waals surface area contributed by atoms with Gasteiger partial charge in [0.2, 0.25) is 0 Å². The lowest BCUT2D eigenvalue weighted by Gasteiger charge is -2.20. The van der Waals surface area contributed by atoms with Crippen LogP contribution in [0.5, 0.6) is 0 Å². The van der Waals surface area contributed by atoms with E-state index in [1.54, 1.807) is 6.92 Å². The summed E-state index contributed by atoms with van der Waals surface area (Å²) in [5.41, 5.74) is 5.40. The zero-order chi connectivity index (χ0) is 11.6. The van der Waals surface area contributed by atoms with Crippen molar-refractivity contribution in [3.05, 3.63) is 11.9 Å². The maximum absolute atomic E-state index is 12.1. The third-order valence-corrected chi connectivity index (χ3v) is 1.65. The summed E-state index contributed by atoms with van der Waals surface area (Å²) in [5.74, 6) is 0.669. The van der Waals surface area contributed by atoms with Crippen molar-refractivity contribution in [3.8, 4) is 0 Å². The van der Waals surface area contributed by atoms with Gasteiger partial charge in [-0.1, -0.05) is 0 Å². The molecule has 0 spiro atoms. The SMILES string of the molecule is Cc1nc(N)cc(N(C)CC(F)(F)F)n1. The number of hydrogen-bond donors (Lipinski definition) is 1. The van der Waals surface area contributed by atoms with Crippen molar-refractivity contribution in [1.82, 2.24) is 9.97 Å². The van der Waals surface area contributed by atoms with Crippen molar-refractivity contribution in [3.63, 3.8) is 0 Å². The third-order valence-electron chi connectivity index (χ3n) is 1.65. The molecule has 0 amide bonds. The van der Waals surface area contributed by atoms with Crippen LogP contribution in [0.15, 0.2) is 6.07 Å². The molecule has 0 radical (unpaired) electrons. The van der Waals surface area contributed by atoms with Crippen LogP contribution < -0.4 is 10.6 Å². The Labute approximate surface area is 84.9 Å². The maximum atomic E-state index is 12.1. The molecule has 0 aliphatic heterocycles. The van der Waals surface area contributed by atoms with Gasteiger partial charge in [0.15, 0.2) is 0 Å². The molecule has 0 saturated carbocycles. The predicted octanol–water partition coefficient (Wildman–Crippen LogP) is 1.37. The smallest absolute Gasteiger partial charge is 0.384 e. The Balaban J connectivity index is 2.86. The molecule has 0 saturated heterocycles. The highest BCUT2D eigenvalue weighted by molar-refractivity contribution is 5.46. The quantitative estimate of drug-likeness (QED) is 0.817. The lowest BCUT2D eigenvalue weighted by molar-refractivity contribution is -0.119. The molecule has 7 heteroatoms. The minimum absolute atomic E-state index is 0.159. The van der Waals surface area contributed by atoms with Crippen LogP contribution in [0.3, 0.4) is 0 Å². The molecule has 1 heterocycles. The van der Waals surface area contributed by atoms with Crippen LogP contribution in [0.2, 0.25) is 0 Å². The van der Waals surface area contributed by atoms with Gasteiger partial charge in [0.05, 0.1) is 0 Å². The molecular weight excluding hydrogens is 209 g/mol. The van der Waals surface area contributed by atoms with Crippen molar-refractivity contribution in [2.24, 2.45) is 0 Å². The Hall–Kier alpha value is -1.53. The molecular formula is C8H11F3N4. The van der Waals surface area contributed by atoms with E-state index >= 15 is 0 Å². The van der Waals surface area contributed by atoms with Gasteiger partial charge < -0.3 is 10.6 Å². The predicted molar refractivity (Wildman–Crippen MR) is 50.5 cm³/mol. The van der Waals surface area contributed by atoms with Gasteiger partial charge in [-0.15, -0.1) is 0 Å². The number of alkyl halides is 3. The van der Waals surface area contributed by atoms with Crippen molar-refractivity contribution >= 4 is 11.6 Å². The molecule has 84 valence electrons. The van der Waals surface area contributed by atoms with Gasteiger partial charge in [-0.25, -0.2) is 9.97 Å². The van der Waals surface area contributed by atoms with Crippen molar-refractivity contribution in [1.29, 1.82) is 0 Å². The Morgan fingerprint density at radius 2 is 2.00 bits per heavy atom. The number of aromatic nitrogens is 2. The standard InChI is InChI=1S/C8H11F3N4/c1-5-13-6(12)3-7(14-5)15(2)4-8(9,10)11/h3H,4H2,1-2H3,(H2,12,13,14). The number of rotatable bonds is 2. The molecule has 0 atom stereocenters. The Morgan fingerprint density at radius 3 is 2.47 bits per heavy atom. The van der Waals surface area contributed by atoms with E-state index in [0.717, 1.165) is 4.90 Å². The zero-order valence-electron chi connectivity index (χ0n) is 8.34. The fraction of sp³-hybridized carbons (Fsp3) is 0.500. The second kappa shape index (κ2) is 3.92. The highest BCUT2D eigenvalue weighted by Crippen LogP contribution is 2.20. The Kier molecular flexibility index (Phi) is 3.01. The van der Waals surface area contributed by atoms with E-state index in [9.17, 15) is 13.2 Å².